The van der Waals surface area contributed by atoms with Crippen LogP contribution in [0.25, 0.3) is 61.3 Å². The lowest BCUT2D eigenvalue weighted by Crippen LogP contribution is -2.16. The summed E-state index contributed by atoms with van der Waals surface area (Å²) in [5.74, 6) is -0.272. The summed E-state index contributed by atoms with van der Waals surface area (Å²) in [5.41, 5.74) is 14.5. The number of hydrogen-bond donors (Lipinski definition) is 0. The predicted octanol–water partition coefficient (Wildman–Crippen LogP) is 10.9. The van der Waals surface area contributed by atoms with E-state index in [1.807, 2.05) is 6.92 Å². The van der Waals surface area contributed by atoms with Gasteiger partial charge in [0.05, 0.1) is 39.1 Å². The number of fused-ring (bicyclic) bond motifs is 9. The average Bonchev–Trinajstić information content (AvgIpc) is 3.80. The number of para-hydroxylation sites is 3. The fourth-order valence-corrected chi connectivity index (χ4v) is 8.96. The first-order chi connectivity index (χ1) is 24.7. The Labute approximate surface area is 290 Å². The highest BCUT2D eigenvalue weighted by Crippen LogP contribution is 2.53. The fourth-order valence-electron chi connectivity index (χ4n) is 8.96. The van der Waals surface area contributed by atoms with Gasteiger partial charge in [-0.25, -0.2) is 0 Å². The summed E-state index contributed by atoms with van der Waals surface area (Å²) >= 11 is 0. The molecule has 0 radical (unpaired) electrons. The Balaban J connectivity index is 1.45. The van der Waals surface area contributed by atoms with Crippen LogP contribution in [0.15, 0.2) is 127 Å². The van der Waals surface area contributed by atoms with Gasteiger partial charge in [0.15, 0.2) is 0 Å². The molecule has 0 bridgehead atoms. The second kappa shape index (κ2) is 10.7. The molecule has 2 heterocycles. The van der Waals surface area contributed by atoms with Crippen molar-refractivity contribution in [1.29, 1.82) is 10.5 Å². The second-order valence-corrected chi connectivity index (χ2v) is 13.3. The van der Waals surface area contributed by atoms with Gasteiger partial charge in [0, 0.05) is 33.3 Å². The second-order valence-electron chi connectivity index (χ2n) is 13.3. The van der Waals surface area contributed by atoms with Crippen LogP contribution in [0, 0.1) is 29.6 Å². The largest absolute Gasteiger partial charge is 0.308 e. The van der Waals surface area contributed by atoms with Crippen LogP contribution in [-0.2, 0) is 6.42 Å². The van der Waals surface area contributed by atoms with Crippen molar-refractivity contribution in [3.8, 4) is 34.6 Å². The highest BCUT2D eigenvalue weighted by molar-refractivity contribution is 6.10. The lowest BCUT2D eigenvalue weighted by atomic mass is 9.81. The van der Waals surface area contributed by atoms with E-state index in [1.54, 1.807) is 0 Å². The van der Waals surface area contributed by atoms with E-state index in [1.165, 1.54) is 10.9 Å². The third kappa shape index (κ3) is 3.68. The number of benzene rings is 6. The van der Waals surface area contributed by atoms with Gasteiger partial charge in [-0.15, -0.1) is 0 Å². The van der Waals surface area contributed by atoms with Gasteiger partial charge in [-0.1, -0.05) is 109 Å². The van der Waals surface area contributed by atoms with Crippen LogP contribution < -0.4 is 0 Å². The molecule has 2 aromatic heterocycles. The Kier molecular flexibility index (Phi) is 6.07. The van der Waals surface area contributed by atoms with Crippen molar-refractivity contribution in [2.24, 2.45) is 0 Å². The first-order valence-electron chi connectivity index (χ1n) is 17.2. The molecule has 0 N–H and O–H groups in total. The van der Waals surface area contributed by atoms with E-state index in [0.29, 0.717) is 11.1 Å². The molecule has 0 aliphatic heterocycles. The van der Waals surface area contributed by atoms with Crippen LogP contribution in [0.1, 0.15) is 57.0 Å². The summed E-state index contributed by atoms with van der Waals surface area (Å²) in [5, 5.41) is 26.4. The summed E-state index contributed by atoms with van der Waals surface area (Å²) in [4.78, 5) is 0. The van der Waals surface area contributed by atoms with Crippen molar-refractivity contribution in [2.75, 3.05) is 0 Å². The maximum atomic E-state index is 11.6. The van der Waals surface area contributed by atoms with Crippen LogP contribution in [0.2, 0.25) is 0 Å². The minimum Gasteiger partial charge on any atom is -0.308 e. The lowest BCUT2D eigenvalue weighted by molar-refractivity contribution is 0.937. The quantitative estimate of drug-likeness (QED) is 0.193. The Morgan fingerprint density at radius 3 is 1.70 bits per heavy atom. The Morgan fingerprint density at radius 2 is 1.10 bits per heavy atom. The molecular weight excluding hydrogens is 609 g/mol. The molecule has 0 fully saturated rings. The molecule has 50 heavy (non-hydrogen) atoms. The first-order valence-corrected chi connectivity index (χ1v) is 17.2. The average molecular weight is 639 g/mol. The minimum atomic E-state index is -0.272. The number of nitriles is 2. The number of rotatable bonds is 3. The third-order valence-corrected chi connectivity index (χ3v) is 11.0. The number of hydrogen-bond acceptors (Lipinski definition) is 2. The molecule has 234 valence electrons. The van der Waals surface area contributed by atoms with Crippen LogP contribution in [0.4, 0.5) is 0 Å². The Morgan fingerprint density at radius 1 is 0.580 bits per heavy atom. The van der Waals surface area contributed by atoms with Crippen LogP contribution in [0.3, 0.4) is 0 Å². The molecule has 0 saturated carbocycles. The molecule has 0 unspecified atom stereocenters. The van der Waals surface area contributed by atoms with Gasteiger partial charge in [-0.2, -0.15) is 10.5 Å². The van der Waals surface area contributed by atoms with Crippen molar-refractivity contribution >= 4 is 38.8 Å². The summed E-state index contributed by atoms with van der Waals surface area (Å²) in [6.45, 7) is 2.03. The Bertz CT molecular complexity index is 2770. The van der Waals surface area contributed by atoms with Gasteiger partial charge < -0.3 is 9.13 Å². The maximum absolute atomic E-state index is 11.6. The van der Waals surface area contributed by atoms with Crippen molar-refractivity contribution in [3.05, 3.63) is 172 Å². The van der Waals surface area contributed by atoms with Gasteiger partial charge in [0.25, 0.3) is 0 Å². The number of allylic oxidation sites excluding steroid dienone is 1. The molecule has 2 aliphatic carbocycles. The van der Waals surface area contributed by atoms with Gasteiger partial charge in [0.2, 0.25) is 0 Å². The lowest BCUT2D eigenvalue weighted by Gasteiger charge is -2.27. The zero-order chi connectivity index (χ0) is 33.5. The van der Waals surface area contributed by atoms with E-state index < -0.39 is 0 Å². The van der Waals surface area contributed by atoms with E-state index in [0.717, 1.165) is 90.6 Å². The molecular formula is C46H30N4. The molecule has 0 amide bonds. The molecule has 10 rings (SSSR count). The highest BCUT2D eigenvalue weighted by Gasteiger charge is 2.38. The van der Waals surface area contributed by atoms with E-state index in [2.05, 4.69) is 155 Å². The van der Waals surface area contributed by atoms with E-state index in [9.17, 15) is 10.5 Å². The van der Waals surface area contributed by atoms with Gasteiger partial charge in [0.1, 0.15) is 12.1 Å². The molecule has 2 aliphatic rings. The normalized spacial score (nSPS) is 13.3. The van der Waals surface area contributed by atoms with Crippen molar-refractivity contribution < 1.29 is 0 Å². The van der Waals surface area contributed by atoms with Gasteiger partial charge >= 0.3 is 0 Å². The standard InChI is InChI=1S/C46H30N4/c1-28-37(26-47)46(50-41-24-12-8-18-33(41)34-19-9-13-25-42(34)50)44(43-35-20-4-2-14-29(35)30-15-3-5-21-36(30)43)38(27-48)45(28)49-39-22-10-6-16-31(39)32-17-7-11-23-40(32)49/h2-6,8-16,18-25,43H,7,17H2,1H3. The molecule has 8 aromatic rings. The SMILES string of the molecule is Cc1c(C#N)c(-n2c3ccccc3c3ccccc32)c(C2c3ccccc3-c3ccccc32)c(C#N)c1-n1c2c(c3ccccc31)CCC=C2. The molecule has 0 atom stereocenters. The fraction of sp³-hybridized carbons (Fsp3) is 0.0870. The van der Waals surface area contributed by atoms with E-state index in [-0.39, 0.29) is 5.92 Å². The van der Waals surface area contributed by atoms with Gasteiger partial charge in [-0.3, -0.25) is 0 Å². The summed E-state index contributed by atoms with van der Waals surface area (Å²) in [7, 11) is 0. The number of aryl methyl sites for hydroxylation is 1. The third-order valence-electron chi connectivity index (χ3n) is 11.0. The molecule has 4 heteroatoms. The smallest absolute Gasteiger partial charge is 0.102 e. The highest BCUT2D eigenvalue weighted by atomic mass is 15.0. The zero-order valence-electron chi connectivity index (χ0n) is 27.5. The molecule has 0 saturated heterocycles. The van der Waals surface area contributed by atoms with Crippen molar-refractivity contribution in [2.45, 2.75) is 25.7 Å². The number of nitrogens with zero attached hydrogens (tertiary/aromatic N) is 4. The first kappa shape index (κ1) is 28.4. The van der Waals surface area contributed by atoms with Crippen LogP contribution >= 0.6 is 0 Å². The topological polar surface area (TPSA) is 57.4 Å². The van der Waals surface area contributed by atoms with Crippen LogP contribution in [-0.4, -0.2) is 9.13 Å². The molecule has 4 nitrogen and oxygen atoms in total. The summed E-state index contributed by atoms with van der Waals surface area (Å²) < 4.78 is 4.52. The summed E-state index contributed by atoms with van der Waals surface area (Å²) in [6, 6.07) is 47.9. The molecule has 6 aromatic carbocycles. The van der Waals surface area contributed by atoms with E-state index >= 15 is 0 Å². The van der Waals surface area contributed by atoms with E-state index in [4.69, 9.17) is 0 Å². The Hall–Kier alpha value is -6.62. The van der Waals surface area contributed by atoms with Crippen molar-refractivity contribution in [3.63, 3.8) is 0 Å². The number of aromatic nitrogens is 2. The summed E-state index contributed by atoms with van der Waals surface area (Å²) in [6.07, 6.45) is 6.33. The van der Waals surface area contributed by atoms with Gasteiger partial charge in [-0.05, 0) is 77.4 Å². The predicted molar refractivity (Wildman–Crippen MR) is 202 cm³/mol. The minimum absolute atomic E-state index is 0.272. The molecule has 0 spiro atoms. The zero-order valence-corrected chi connectivity index (χ0v) is 27.5. The van der Waals surface area contributed by atoms with Crippen molar-refractivity contribution in [1.82, 2.24) is 9.13 Å². The maximum Gasteiger partial charge on any atom is 0.102 e. The van der Waals surface area contributed by atoms with Crippen LogP contribution in [0.5, 0.6) is 0 Å². The monoisotopic (exact) mass is 638 g/mol.